The van der Waals surface area contributed by atoms with Crippen LogP contribution < -0.4 is 5.32 Å². The highest BCUT2D eigenvalue weighted by Gasteiger charge is 2.09. The van der Waals surface area contributed by atoms with E-state index in [0.717, 1.165) is 29.8 Å². The monoisotopic (exact) mass is 294 g/mol. The third-order valence-electron chi connectivity index (χ3n) is 3.41. The molecule has 0 fully saturated rings. The van der Waals surface area contributed by atoms with Crippen LogP contribution in [-0.2, 0) is 13.0 Å². The van der Waals surface area contributed by atoms with Crippen molar-refractivity contribution in [3.8, 4) is 11.4 Å². The van der Waals surface area contributed by atoms with Gasteiger partial charge in [0.15, 0.2) is 0 Å². The van der Waals surface area contributed by atoms with E-state index >= 15 is 0 Å². The minimum absolute atomic E-state index is 0.561. The van der Waals surface area contributed by atoms with Crippen LogP contribution >= 0.6 is 0 Å². The van der Waals surface area contributed by atoms with Crippen molar-refractivity contribution in [2.24, 2.45) is 0 Å². The molecule has 5 nitrogen and oxygen atoms in total. The Morgan fingerprint density at radius 2 is 1.95 bits per heavy atom. The van der Waals surface area contributed by atoms with Gasteiger partial charge in [0.1, 0.15) is 0 Å². The van der Waals surface area contributed by atoms with Gasteiger partial charge in [-0.05, 0) is 24.6 Å². The zero-order valence-electron chi connectivity index (χ0n) is 12.5. The Balaban J connectivity index is 1.53. The van der Waals surface area contributed by atoms with E-state index in [9.17, 15) is 0 Å². The zero-order valence-corrected chi connectivity index (χ0v) is 12.5. The molecule has 0 amide bonds. The number of aromatic nitrogens is 3. The number of aryl methyl sites for hydroxylation is 1. The van der Waals surface area contributed by atoms with Crippen LogP contribution in [0.25, 0.3) is 11.4 Å². The van der Waals surface area contributed by atoms with Gasteiger partial charge in [-0.1, -0.05) is 35.5 Å². The van der Waals surface area contributed by atoms with E-state index < -0.39 is 0 Å². The summed E-state index contributed by atoms with van der Waals surface area (Å²) in [6, 6.07) is 13.9. The third-order valence-corrected chi connectivity index (χ3v) is 3.41. The summed E-state index contributed by atoms with van der Waals surface area (Å²) in [6.07, 6.45) is 2.68. The van der Waals surface area contributed by atoms with E-state index in [1.54, 1.807) is 0 Å². The Bertz CT molecular complexity index is 724. The molecule has 0 bridgehead atoms. The highest BCUT2D eigenvalue weighted by Crippen LogP contribution is 2.19. The molecule has 0 saturated heterocycles. The van der Waals surface area contributed by atoms with Gasteiger partial charge in [-0.25, -0.2) is 0 Å². The van der Waals surface area contributed by atoms with Crippen LogP contribution in [0.2, 0.25) is 0 Å². The number of benzene rings is 1. The lowest BCUT2D eigenvalue weighted by Gasteiger charge is -2.01. The topological polar surface area (TPSA) is 63.8 Å². The van der Waals surface area contributed by atoms with Gasteiger partial charge in [-0.2, -0.15) is 4.98 Å². The molecule has 0 atom stereocenters. The average molecular weight is 294 g/mol. The maximum atomic E-state index is 5.29. The van der Waals surface area contributed by atoms with Crippen molar-refractivity contribution in [2.45, 2.75) is 19.9 Å². The molecular weight excluding hydrogens is 276 g/mol. The zero-order chi connectivity index (χ0) is 15.2. The molecule has 2 aromatic heterocycles. The average Bonchev–Trinajstić information content (AvgIpc) is 3.02. The summed E-state index contributed by atoms with van der Waals surface area (Å²) in [5.74, 6) is 1.24. The summed E-state index contributed by atoms with van der Waals surface area (Å²) in [4.78, 5) is 8.72. The van der Waals surface area contributed by atoms with Crippen LogP contribution in [0.4, 0.5) is 0 Å². The summed E-state index contributed by atoms with van der Waals surface area (Å²) < 4.78 is 5.29. The van der Waals surface area contributed by atoms with Crippen molar-refractivity contribution in [1.29, 1.82) is 0 Å². The third kappa shape index (κ3) is 3.56. The largest absolute Gasteiger partial charge is 0.338 e. The van der Waals surface area contributed by atoms with E-state index in [1.807, 2.05) is 55.6 Å². The van der Waals surface area contributed by atoms with Crippen LogP contribution in [-0.4, -0.2) is 21.7 Å². The van der Waals surface area contributed by atoms with E-state index in [0.29, 0.717) is 18.3 Å². The normalized spacial score (nSPS) is 10.8. The molecule has 0 aliphatic carbocycles. The summed E-state index contributed by atoms with van der Waals surface area (Å²) in [7, 11) is 0. The quantitative estimate of drug-likeness (QED) is 0.708. The second-order valence-corrected chi connectivity index (χ2v) is 5.07. The molecule has 112 valence electrons. The molecule has 0 aliphatic rings. The first kappa shape index (κ1) is 14.4. The standard InChI is InChI=1S/C17H18N4O/c1-13-6-2-3-8-15(13)17-20-16(22-21-17)12-18-11-9-14-7-4-5-10-19-14/h2-8,10,18H,9,11-12H2,1H3. The minimum atomic E-state index is 0.561. The first-order chi connectivity index (χ1) is 10.8. The van der Waals surface area contributed by atoms with E-state index in [1.165, 1.54) is 0 Å². The minimum Gasteiger partial charge on any atom is -0.338 e. The number of hydrogen-bond acceptors (Lipinski definition) is 5. The van der Waals surface area contributed by atoms with Crippen LogP contribution in [0.1, 0.15) is 17.1 Å². The first-order valence-electron chi connectivity index (χ1n) is 7.32. The Kier molecular flexibility index (Phi) is 4.56. The number of rotatable bonds is 6. The molecule has 1 aromatic carbocycles. The summed E-state index contributed by atoms with van der Waals surface area (Å²) >= 11 is 0. The number of nitrogens with zero attached hydrogens (tertiary/aromatic N) is 3. The van der Waals surface area contributed by atoms with Crippen molar-refractivity contribution < 1.29 is 4.52 Å². The lowest BCUT2D eigenvalue weighted by molar-refractivity contribution is 0.368. The maximum Gasteiger partial charge on any atom is 0.240 e. The molecule has 5 heteroatoms. The van der Waals surface area contributed by atoms with Gasteiger partial charge in [0.25, 0.3) is 0 Å². The Hall–Kier alpha value is -2.53. The Labute approximate surface area is 129 Å². The molecule has 2 heterocycles. The molecule has 3 rings (SSSR count). The van der Waals surface area contributed by atoms with E-state index in [-0.39, 0.29) is 0 Å². The summed E-state index contributed by atoms with van der Waals surface area (Å²) in [5, 5.41) is 7.34. The summed E-state index contributed by atoms with van der Waals surface area (Å²) in [5.41, 5.74) is 3.21. The molecule has 0 radical (unpaired) electrons. The molecule has 0 saturated carbocycles. The second-order valence-electron chi connectivity index (χ2n) is 5.07. The van der Waals surface area contributed by atoms with E-state index in [4.69, 9.17) is 4.52 Å². The van der Waals surface area contributed by atoms with Crippen LogP contribution in [0.15, 0.2) is 53.2 Å². The molecule has 1 N–H and O–H groups in total. The van der Waals surface area contributed by atoms with Crippen LogP contribution in [0, 0.1) is 6.92 Å². The van der Waals surface area contributed by atoms with Crippen LogP contribution in [0.5, 0.6) is 0 Å². The summed E-state index contributed by atoms with van der Waals surface area (Å²) in [6.45, 7) is 3.42. The lowest BCUT2D eigenvalue weighted by atomic mass is 10.1. The van der Waals surface area contributed by atoms with Gasteiger partial charge in [0.2, 0.25) is 11.7 Å². The first-order valence-corrected chi connectivity index (χ1v) is 7.32. The van der Waals surface area contributed by atoms with Crippen molar-refractivity contribution in [1.82, 2.24) is 20.4 Å². The number of nitrogens with one attached hydrogen (secondary N) is 1. The number of pyridine rings is 1. The fraction of sp³-hybridized carbons (Fsp3) is 0.235. The van der Waals surface area contributed by atoms with Gasteiger partial charge >= 0.3 is 0 Å². The fourth-order valence-electron chi connectivity index (χ4n) is 2.22. The predicted molar refractivity (Wildman–Crippen MR) is 84.1 cm³/mol. The van der Waals surface area contributed by atoms with Crippen molar-refractivity contribution in [2.75, 3.05) is 6.54 Å². The molecule has 3 aromatic rings. The lowest BCUT2D eigenvalue weighted by Crippen LogP contribution is -2.17. The van der Waals surface area contributed by atoms with Gasteiger partial charge in [-0.15, -0.1) is 0 Å². The molecule has 0 aliphatic heterocycles. The molecule has 22 heavy (non-hydrogen) atoms. The van der Waals surface area contributed by atoms with Crippen molar-refractivity contribution in [3.63, 3.8) is 0 Å². The molecule has 0 spiro atoms. The van der Waals surface area contributed by atoms with Gasteiger partial charge in [-0.3, -0.25) is 4.98 Å². The number of hydrogen-bond donors (Lipinski definition) is 1. The van der Waals surface area contributed by atoms with Gasteiger partial charge < -0.3 is 9.84 Å². The van der Waals surface area contributed by atoms with Crippen molar-refractivity contribution in [3.05, 3.63) is 65.8 Å². The maximum absolute atomic E-state index is 5.29. The smallest absolute Gasteiger partial charge is 0.240 e. The molecule has 0 unspecified atom stereocenters. The van der Waals surface area contributed by atoms with Crippen molar-refractivity contribution >= 4 is 0 Å². The fourth-order valence-corrected chi connectivity index (χ4v) is 2.22. The Morgan fingerprint density at radius 3 is 2.77 bits per heavy atom. The highest BCUT2D eigenvalue weighted by molar-refractivity contribution is 5.58. The van der Waals surface area contributed by atoms with Gasteiger partial charge in [0, 0.05) is 30.4 Å². The van der Waals surface area contributed by atoms with E-state index in [2.05, 4.69) is 20.4 Å². The SMILES string of the molecule is Cc1ccccc1-c1noc(CNCCc2ccccn2)n1. The predicted octanol–water partition coefficient (Wildman–Crippen LogP) is 2.77. The Morgan fingerprint density at radius 1 is 1.09 bits per heavy atom. The second kappa shape index (κ2) is 6.95. The van der Waals surface area contributed by atoms with Gasteiger partial charge in [0.05, 0.1) is 6.54 Å². The highest BCUT2D eigenvalue weighted by atomic mass is 16.5. The van der Waals surface area contributed by atoms with Crippen LogP contribution in [0.3, 0.4) is 0 Å². The molecular formula is C17H18N4O.